The zero-order valence-electron chi connectivity index (χ0n) is 8.18. The number of rotatable bonds is 4. The van der Waals surface area contributed by atoms with Crippen molar-refractivity contribution in [3.8, 4) is 0 Å². The molecule has 0 aromatic heterocycles. The predicted octanol–water partition coefficient (Wildman–Crippen LogP) is 3.40. The summed E-state index contributed by atoms with van der Waals surface area (Å²) in [6, 6.07) is 5.61. The Kier molecular flexibility index (Phi) is 4.92. The molecule has 1 N–H and O–H groups in total. The van der Waals surface area contributed by atoms with Crippen molar-refractivity contribution in [3.63, 3.8) is 0 Å². The van der Waals surface area contributed by atoms with Crippen LogP contribution in [0.2, 0.25) is 0 Å². The first-order valence-corrected chi connectivity index (χ1v) is 6.33. The minimum atomic E-state index is -0.938. The normalized spacial score (nSPS) is 12.9. The van der Waals surface area contributed by atoms with Crippen molar-refractivity contribution in [2.75, 3.05) is 19.8 Å². The van der Waals surface area contributed by atoms with Gasteiger partial charge in [0.05, 0.1) is 0 Å². The molecule has 0 heterocycles. The van der Waals surface area contributed by atoms with Gasteiger partial charge in [-0.25, -0.2) is 4.39 Å². The third-order valence-corrected chi connectivity index (χ3v) is 3.64. The van der Waals surface area contributed by atoms with Crippen LogP contribution in [0.3, 0.4) is 0 Å². The van der Waals surface area contributed by atoms with Crippen molar-refractivity contribution >= 4 is 27.7 Å². The van der Waals surface area contributed by atoms with E-state index in [0.717, 1.165) is 9.37 Å². The van der Waals surface area contributed by atoms with Gasteiger partial charge in [-0.15, -0.1) is 11.8 Å². The van der Waals surface area contributed by atoms with Crippen LogP contribution in [0.25, 0.3) is 0 Å². The fraction of sp³-hybridized carbons (Fsp3) is 0.400. The second-order valence-corrected chi connectivity index (χ2v) is 4.62. The minimum Gasteiger partial charge on any atom is -0.317 e. The largest absolute Gasteiger partial charge is 0.317 e. The summed E-state index contributed by atoms with van der Waals surface area (Å²) in [5, 5.41) is 2.82. The number of hydrogen-bond acceptors (Lipinski definition) is 2. The van der Waals surface area contributed by atoms with Crippen LogP contribution in [0, 0.1) is 0 Å². The first kappa shape index (κ1) is 12.0. The number of benzene rings is 1. The smallest absolute Gasteiger partial charge is 0.138 e. The number of likely N-dealkylation sites (N-methyl/N-ethyl adjacent to an activating group) is 1. The number of thioether (sulfide) groups is 1. The van der Waals surface area contributed by atoms with Crippen LogP contribution < -0.4 is 5.32 Å². The van der Waals surface area contributed by atoms with Crippen LogP contribution in [-0.4, -0.2) is 19.8 Å². The molecule has 0 aliphatic carbocycles. The van der Waals surface area contributed by atoms with Crippen LogP contribution in [0.5, 0.6) is 0 Å². The molecule has 0 aliphatic rings. The Balaban J connectivity index is 2.85. The zero-order chi connectivity index (χ0) is 10.6. The zero-order valence-corrected chi connectivity index (χ0v) is 10.6. The molecular weight excluding hydrogens is 265 g/mol. The molecule has 78 valence electrons. The maximum atomic E-state index is 13.5. The van der Waals surface area contributed by atoms with Crippen LogP contribution in [-0.2, 0) is 0 Å². The molecule has 0 saturated heterocycles. The number of hydrogen-bond donors (Lipinski definition) is 1. The Hall–Kier alpha value is -0.0600. The van der Waals surface area contributed by atoms with E-state index in [1.54, 1.807) is 18.8 Å². The second kappa shape index (κ2) is 5.73. The topological polar surface area (TPSA) is 12.0 Å². The van der Waals surface area contributed by atoms with Gasteiger partial charge in [0.1, 0.15) is 6.17 Å². The second-order valence-electron chi connectivity index (χ2n) is 2.92. The molecule has 1 nitrogen and oxygen atoms in total. The summed E-state index contributed by atoms with van der Waals surface area (Å²) >= 11 is 5.06. The lowest BCUT2D eigenvalue weighted by Gasteiger charge is -2.09. The molecule has 0 fully saturated rings. The van der Waals surface area contributed by atoms with Crippen molar-refractivity contribution in [2.24, 2.45) is 0 Å². The van der Waals surface area contributed by atoms with E-state index in [9.17, 15) is 4.39 Å². The highest BCUT2D eigenvalue weighted by Crippen LogP contribution is 2.29. The van der Waals surface area contributed by atoms with Gasteiger partial charge in [-0.2, -0.15) is 0 Å². The molecule has 1 aromatic rings. The molecule has 4 heteroatoms. The lowest BCUT2D eigenvalue weighted by Crippen LogP contribution is -2.13. The highest BCUT2D eigenvalue weighted by atomic mass is 79.9. The summed E-state index contributed by atoms with van der Waals surface area (Å²) in [5.74, 6) is 0. The maximum absolute atomic E-state index is 13.5. The molecule has 0 saturated carbocycles. The monoisotopic (exact) mass is 277 g/mol. The summed E-state index contributed by atoms with van der Waals surface area (Å²) in [5.41, 5.74) is 0.712. The van der Waals surface area contributed by atoms with E-state index in [-0.39, 0.29) is 0 Å². The average Bonchev–Trinajstić information content (AvgIpc) is 2.18. The Morgan fingerprint density at radius 2 is 2.29 bits per heavy atom. The predicted molar refractivity (Wildman–Crippen MR) is 63.7 cm³/mol. The van der Waals surface area contributed by atoms with Gasteiger partial charge in [0.2, 0.25) is 0 Å². The van der Waals surface area contributed by atoms with Gasteiger partial charge in [-0.05, 0) is 46.9 Å². The van der Waals surface area contributed by atoms with Gasteiger partial charge < -0.3 is 5.32 Å². The quantitative estimate of drug-likeness (QED) is 0.847. The van der Waals surface area contributed by atoms with E-state index < -0.39 is 6.17 Å². The van der Waals surface area contributed by atoms with E-state index in [2.05, 4.69) is 21.2 Å². The Morgan fingerprint density at radius 3 is 2.79 bits per heavy atom. The third kappa shape index (κ3) is 2.97. The highest BCUT2D eigenvalue weighted by molar-refractivity contribution is 9.10. The highest BCUT2D eigenvalue weighted by Gasteiger charge is 2.09. The standard InChI is InChI=1S/C10H13BrFNS/c1-13-6-9(12)7-3-4-10(14-2)8(11)5-7/h3-5,9,13H,6H2,1-2H3. The molecule has 14 heavy (non-hydrogen) atoms. The summed E-state index contributed by atoms with van der Waals surface area (Å²) in [4.78, 5) is 1.13. The first-order chi connectivity index (χ1) is 6.69. The lowest BCUT2D eigenvalue weighted by atomic mass is 10.1. The fourth-order valence-electron chi connectivity index (χ4n) is 1.17. The molecule has 0 bridgehead atoms. The van der Waals surface area contributed by atoms with Gasteiger partial charge >= 0.3 is 0 Å². The SMILES string of the molecule is CNCC(F)c1ccc(SC)c(Br)c1. The van der Waals surface area contributed by atoms with Crippen molar-refractivity contribution < 1.29 is 4.39 Å². The van der Waals surface area contributed by atoms with Gasteiger partial charge in [0, 0.05) is 15.9 Å². The van der Waals surface area contributed by atoms with Crippen molar-refractivity contribution in [2.45, 2.75) is 11.1 Å². The van der Waals surface area contributed by atoms with E-state index in [1.807, 2.05) is 24.5 Å². The maximum Gasteiger partial charge on any atom is 0.138 e. The fourth-order valence-corrected chi connectivity index (χ4v) is 2.51. The molecule has 1 aromatic carbocycles. The molecule has 0 radical (unpaired) electrons. The molecule has 0 amide bonds. The van der Waals surface area contributed by atoms with Crippen molar-refractivity contribution in [1.82, 2.24) is 5.32 Å². The number of halogens is 2. The number of alkyl halides is 1. The summed E-state index contributed by atoms with van der Waals surface area (Å²) in [7, 11) is 1.75. The summed E-state index contributed by atoms with van der Waals surface area (Å²) in [6.45, 7) is 0.352. The third-order valence-electron chi connectivity index (χ3n) is 1.92. The van der Waals surface area contributed by atoms with Crippen molar-refractivity contribution in [3.05, 3.63) is 28.2 Å². The van der Waals surface area contributed by atoms with E-state index in [0.29, 0.717) is 12.1 Å². The van der Waals surface area contributed by atoms with E-state index in [4.69, 9.17) is 0 Å². The first-order valence-electron chi connectivity index (χ1n) is 4.31. The van der Waals surface area contributed by atoms with Gasteiger partial charge in [-0.1, -0.05) is 6.07 Å². The lowest BCUT2D eigenvalue weighted by molar-refractivity contribution is 0.335. The number of nitrogens with one attached hydrogen (secondary N) is 1. The van der Waals surface area contributed by atoms with Crippen LogP contribution in [0.15, 0.2) is 27.6 Å². The van der Waals surface area contributed by atoms with Crippen LogP contribution >= 0.6 is 27.7 Å². The molecule has 1 unspecified atom stereocenters. The Bertz CT molecular complexity index is 306. The van der Waals surface area contributed by atoms with Crippen LogP contribution in [0.4, 0.5) is 4.39 Å². The van der Waals surface area contributed by atoms with Crippen molar-refractivity contribution in [1.29, 1.82) is 0 Å². The van der Waals surface area contributed by atoms with Gasteiger partial charge in [-0.3, -0.25) is 0 Å². The average molecular weight is 278 g/mol. The van der Waals surface area contributed by atoms with E-state index in [1.165, 1.54) is 0 Å². The minimum absolute atomic E-state index is 0.352. The Morgan fingerprint density at radius 1 is 1.57 bits per heavy atom. The molecule has 1 rings (SSSR count). The molecule has 0 aliphatic heterocycles. The molecule has 1 atom stereocenters. The summed E-state index contributed by atoms with van der Waals surface area (Å²) < 4.78 is 14.4. The summed E-state index contributed by atoms with van der Waals surface area (Å²) in [6.07, 6.45) is 1.06. The van der Waals surface area contributed by atoms with E-state index >= 15 is 0 Å². The van der Waals surface area contributed by atoms with Crippen LogP contribution in [0.1, 0.15) is 11.7 Å². The van der Waals surface area contributed by atoms with Gasteiger partial charge in [0.15, 0.2) is 0 Å². The Labute approximate surface area is 96.6 Å². The van der Waals surface area contributed by atoms with Gasteiger partial charge in [0.25, 0.3) is 0 Å². The molecule has 0 spiro atoms. The molecular formula is C10H13BrFNS.